The van der Waals surface area contributed by atoms with Gasteiger partial charge in [-0.25, -0.2) is 0 Å². The minimum absolute atomic E-state index is 0.389. The van der Waals surface area contributed by atoms with Gasteiger partial charge in [0.2, 0.25) is 0 Å². The van der Waals surface area contributed by atoms with E-state index in [2.05, 4.69) is 61.4 Å². The van der Waals surface area contributed by atoms with Crippen molar-refractivity contribution < 1.29 is 0 Å². The van der Waals surface area contributed by atoms with E-state index in [-0.39, 0.29) is 0 Å². The molecule has 1 aromatic heterocycles. The molecule has 0 spiro atoms. The summed E-state index contributed by atoms with van der Waals surface area (Å²) in [6, 6.07) is 11.3. The molecule has 0 aliphatic heterocycles. The number of nitrogens with zero attached hydrogens (tertiary/aromatic N) is 1. The zero-order valence-electron chi connectivity index (χ0n) is 12.0. The molecule has 1 heterocycles. The topological polar surface area (TPSA) is 24.9 Å². The normalized spacial score (nSPS) is 12.4. The molecule has 0 aliphatic rings. The lowest BCUT2D eigenvalue weighted by molar-refractivity contribution is 0.576. The molecule has 2 nitrogen and oxygen atoms in total. The Balaban J connectivity index is 1.89. The van der Waals surface area contributed by atoms with Gasteiger partial charge in [0.25, 0.3) is 0 Å². The summed E-state index contributed by atoms with van der Waals surface area (Å²) in [7, 11) is 0. The lowest BCUT2D eigenvalue weighted by atomic mass is 10.0. The smallest absolute Gasteiger partial charge is 0.0292 e. The fourth-order valence-corrected chi connectivity index (χ4v) is 2.36. The molecule has 1 atom stereocenters. The maximum atomic E-state index is 4.04. The van der Waals surface area contributed by atoms with E-state index in [1.165, 1.54) is 22.3 Å². The minimum atomic E-state index is 0.389. The highest BCUT2D eigenvalue weighted by Gasteiger charge is 2.05. The highest BCUT2D eigenvalue weighted by molar-refractivity contribution is 5.30. The van der Waals surface area contributed by atoms with Crippen LogP contribution >= 0.6 is 0 Å². The third-order valence-electron chi connectivity index (χ3n) is 3.36. The summed E-state index contributed by atoms with van der Waals surface area (Å²) in [5, 5.41) is 3.58. The Kier molecular flexibility index (Phi) is 4.69. The standard InChI is InChI=1S/C17H22N2/c1-13-10-14(2)12-17(11-13)15(3)19-9-6-16-4-7-18-8-5-16/h4-5,7-8,10-12,15,19H,6,9H2,1-3H3. The highest BCUT2D eigenvalue weighted by Crippen LogP contribution is 2.16. The molecule has 19 heavy (non-hydrogen) atoms. The first kappa shape index (κ1) is 13.8. The number of rotatable bonds is 5. The van der Waals surface area contributed by atoms with Gasteiger partial charge in [-0.05, 0) is 57.0 Å². The molecule has 0 saturated heterocycles. The van der Waals surface area contributed by atoms with Crippen LogP contribution in [0.4, 0.5) is 0 Å². The molecule has 0 aliphatic carbocycles. The summed E-state index contributed by atoms with van der Waals surface area (Å²) in [5.41, 5.74) is 5.36. The van der Waals surface area contributed by atoms with Gasteiger partial charge in [-0.3, -0.25) is 4.98 Å². The number of hydrogen-bond acceptors (Lipinski definition) is 2. The Labute approximate surface area is 115 Å². The van der Waals surface area contributed by atoms with Gasteiger partial charge < -0.3 is 5.32 Å². The van der Waals surface area contributed by atoms with E-state index in [1.54, 1.807) is 0 Å². The summed E-state index contributed by atoms with van der Waals surface area (Å²) in [6.45, 7) is 7.51. The first-order valence-electron chi connectivity index (χ1n) is 6.85. The van der Waals surface area contributed by atoms with E-state index in [4.69, 9.17) is 0 Å². The second kappa shape index (κ2) is 6.48. The number of benzene rings is 1. The van der Waals surface area contributed by atoms with Crippen LogP contribution < -0.4 is 5.32 Å². The van der Waals surface area contributed by atoms with Crippen LogP contribution in [-0.2, 0) is 6.42 Å². The molecule has 2 aromatic rings. The maximum absolute atomic E-state index is 4.04. The van der Waals surface area contributed by atoms with Crippen molar-refractivity contribution in [2.75, 3.05) is 6.54 Å². The molecule has 1 N–H and O–H groups in total. The first-order chi connectivity index (χ1) is 9.15. The summed E-state index contributed by atoms with van der Waals surface area (Å²) in [5.74, 6) is 0. The third-order valence-corrected chi connectivity index (χ3v) is 3.36. The Bertz CT molecular complexity index is 500. The van der Waals surface area contributed by atoms with Crippen LogP contribution in [0.1, 0.15) is 35.2 Å². The number of aromatic nitrogens is 1. The molecular weight excluding hydrogens is 232 g/mol. The molecule has 2 rings (SSSR count). The van der Waals surface area contributed by atoms with Gasteiger partial charge in [0.15, 0.2) is 0 Å². The number of nitrogens with one attached hydrogen (secondary N) is 1. The fraction of sp³-hybridized carbons (Fsp3) is 0.353. The monoisotopic (exact) mass is 254 g/mol. The van der Waals surface area contributed by atoms with Crippen LogP contribution in [0.2, 0.25) is 0 Å². The van der Waals surface area contributed by atoms with Crippen molar-refractivity contribution in [3.63, 3.8) is 0 Å². The van der Waals surface area contributed by atoms with Gasteiger partial charge in [-0.1, -0.05) is 29.3 Å². The second-order valence-electron chi connectivity index (χ2n) is 5.20. The van der Waals surface area contributed by atoms with Gasteiger partial charge in [-0.15, -0.1) is 0 Å². The summed E-state index contributed by atoms with van der Waals surface area (Å²) >= 11 is 0. The van der Waals surface area contributed by atoms with Crippen LogP contribution in [0.3, 0.4) is 0 Å². The number of pyridine rings is 1. The predicted molar refractivity (Wildman–Crippen MR) is 80.3 cm³/mol. The lowest BCUT2D eigenvalue weighted by Crippen LogP contribution is -2.21. The Hall–Kier alpha value is -1.67. The van der Waals surface area contributed by atoms with Crippen molar-refractivity contribution in [1.82, 2.24) is 10.3 Å². The maximum Gasteiger partial charge on any atom is 0.0292 e. The van der Waals surface area contributed by atoms with E-state index >= 15 is 0 Å². The van der Waals surface area contributed by atoms with Crippen LogP contribution in [0.5, 0.6) is 0 Å². The van der Waals surface area contributed by atoms with Crippen molar-refractivity contribution >= 4 is 0 Å². The van der Waals surface area contributed by atoms with Crippen LogP contribution in [-0.4, -0.2) is 11.5 Å². The van der Waals surface area contributed by atoms with Crippen molar-refractivity contribution in [3.05, 3.63) is 65.0 Å². The predicted octanol–water partition coefficient (Wildman–Crippen LogP) is 3.59. The Morgan fingerprint density at radius 1 is 1.05 bits per heavy atom. The molecule has 2 heteroatoms. The molecule has 0 radical (unpaired) electrons. The lowest BCUT2D eigenvalue weighted by Gasteiger charge is -2.15. The summed E-state index contributed by atoms with van der Waals surface area (Å²) < 4.78 is 0. The van der Waals surface area contributed by atoms with Crippen LogP contribution in [0.25, 0.3) is 0 Å². The van der Waals surface area contributed by atoms with E-state index in [9.17, 15) is 0 Å². The molecule has 0 fully saturated rings. The fourth-order valence-electron chi connectivity index (χ4n) is 2.36. The largest absolute Gasteiger partial charge is 0.310 e. The zero-order chi connectivity index (χ0) is 13.7. The van der Waals surface area contributed by atoms with Crippen molar-refractivity contribution in [1.29, 1.82) is 0 Å². The van der Waals surface area contributed by atoms with E-state index in [1.807, 2.05) is 12.4 Å². The van der Waals surface area contributed by atoms with E-state index in [0.29, 0.717) is 6.04 Å². The van der Waals surface area contributed by atoms with Gasteiger partial charge in [0.1, 0.15) is 0 Å². The molecule has 1 unspecified atom stereocenters. The SMILES string of the molecule is Cc1cc(C)cc(C(C)NCCc2ccncc2)c1. The number of aryl methyl sites for hydroxylation is 2. The van der Waals surface area contributed by atoms with E-state index in [0.717, 1.165) is 13.0 Å². The highest BCUT2D eigenvalue weighted by atomic mass is 14.9. The minimum Gasteiger partial charge on any atom is -0.310 e. The van der Waals surface area contributed by atoms with Gasteiger partial charge in [-0.2, -0.15) is 0 Å². The number of hydrogen-bond donors (Lipinski definition) is 1. The van der Waals surface area contributed by atoms with Gasteiger partial charge in [0, 0.05) is 18.4 Å². The quantitative estimate of drug-likeness (QED) is 0.882. The summed E-state index contributed by atoms with van der Waals surface area (Å²) in [4.78, 5) is 4.04. The Morgan fingerprint density at radius 3 is 2.32 bits per heavy atom. The zero-order valence-corrected chi connectivity index (χ0v) is 12.0. The summed E-state index contributed by atoms with van der Waals surface area (Å²) in [6.07, 6.45) is 4.74. The molecule has 100 valence electrons. The Morgan fingerprint density at radius 2 is 1.68 bits per heavy atom. The molecule has 0 amide bonds. The molecule has 1 aromatic carbocycles. The second-order valence-corrected chi connectivity index (χ2v) is 5.20. The van der Waals surface area contributed by atoms with Gasteiger partial charge >= 0.3 is 0 Å². The van der Waals surface area contributed by atoms with Crippen LogP contribution in [0.15, 0.2) is 42.7 Å². The molecule has 0 bridgehead atoms. The van der Waals surface area contributed by atoms with Gasteiger partial charge in [0.05, 0.1) is 0 Å². The van der Waals surface area contributed by atoms with Crippen molar-refractivity contribution in [2.45, 2.75) is 33.2 Å². The van der Waals surface area contributed by atoms with E-state index < -0.39 is 0 Å². The third kappa shape index (κ3) is 4.18. The average Bonchev–Trinajstić information content (AvgIpc) is 2.38. The van der Waals surface area contributed by atoms with Crippen LogP contribution in [0, 0.1) is 13.8 Å². The molecular formula is C17H22N2. The average molecular weight is 254 g/mol. The first-order valence-corrected chi connectivity index (χ1v) is 6.85. The van der Waals surface area contributed by atoms with Crippen molar-refractivity contribution in [3.8, 4) is 0 Å². The van der Waals surface area contributed by atoms with Crippen molar-refractivity contribution in [2.24, 2.45) is 0 Å². The molecule has 0 saturated carbocycles.